The highest BCUT2D eigenvalue weighted by Crippen LogP contribution is 2.19. The predicted octanol–water partition coefficient (Wildman–Crippen LogP) is 2.29. The van der Waals surface area contributed by atoms with Crippen LogP contribution in [0.5, 0.6) is 5.75 Å². The molecule has 4 N–H and O–H groups in total. The van der Waals surface area contributed by atoms with Crippen LogP contribution in [-0.2, 0) is 11.2 Å². The lowest BCUT2D eigenvalue weighted by atomic mass is 10.1. The van der Waals surface area contributed by atoms with E-state index in [-0.39, 0.29) is 12.3 Å². The van der Waals surface area contributed by atoms with Crippen molar-refractivity contribution in [1.29, 1.82) is 0 Å². The largest absolute Gasteiger partial charge is 0.505 e. The number of benzene rings is 2. The first-order valence-electron chi connectivity index (χ1n) is 5.67. The highest BCUT2D eigenvalue weighted by molar-refractivity contribution is 5.92. The van der Waals surface area contributed by atoms with Gasteiger partial charge >= 0.3 is 0 Å². The summed E-state index contributed by atoms with van der Waals surface area (Å²) in [6.07, 6.45) is 0.146. The quantitative estimate of drug-likeness (QED) is 0.585. The summed E-state index contributed by atoms with van der Waals surface area (Å²) < 4.78 is 13.1. The van der Waals surface area contributed by atoms with Gasteiger partial charge in [0.2, 0.25) is 5.91 Å². The summed E-state index contributed by atoms with van der Waals surface area (Å²) in [5, 5.41) is 11.6. The van der Waals surface area contributed by atoms with E-state index >= 15 is 0 Å². The number of carbonyl (C=O) groups is 1. The molecule has 0 aliphatic carbocycles. The zero-order chi connectivity index (χ0) is 13.8. The maximum Gasteiger partial charge on any atom is 0.228 e. The van der Waals surface area contributed by atoms with Crippen molar-refractivity contribution in [3.8, 4) is 5.75 Å². The van der Waals surface area contributed by atoms with Gasteiger partial charge in [-0.2, -0.15) is 0 Å². The molecule has 0 saturated carbocycles. The Labute approximate surface area is 109 Å². The van der Waals surface area contributed by atoms with Crippen molar-refractivity contribution in [1.82, 2.24) is 0 Å². The number of nitrogens with one attached hydrogen (secondary N) is 1. The van der Waals surface area contributed by atoms with Gasteiger partial charge in [-0.05, 0) is 29.8 Å². The Bertz CT molecular complexity index is 614. The number of nitrogens with two attached hydrogens (primary N) is 1. The van der Waals surface area contributed by atoms with Crippen LogP contribution in [0.4, 0.5) is 15.8 Å². The maximum absolute atomic E-state index is 13.1. The van der Waals surface area contributed by atoms with E-state index in [2.05, 4.69) is 5.32 Å². The molecule has 0 fully saturated rings. The normalized spacial score (nSPS) is 10.2. The van der Waals surface area contributed by atoms with Crippen molar-refractivity contribution in [3.05, 3.63) is 53.8 Å². The molecule has 2 rings (SSSR count). The van der Waals surface area contributed by atoms with Crippen molar-refractivity contribution >= 4 is 17.3 Å². The average molecular weight is 260 g/mol. The standard InChI is InChI=1S/C14H13FN2O2/c15-12-8-11(4-5-13(12)18)17-14(19)7-9-2-1-3-10(16)6-9/h1-6,8,18H,7,16H2,(H,17,19). The minimum atomic E-state index is -0.776. The molecule has 0 aliphatic heterocycles. The minimum Gasteiger partial charge on any atom is -0.505 e. The Kier molecular flexibility index (Phi) is 3.66. The van der Waals surface area contributed by atoms with Crippen molar-refractivity contribution in [2.24, 2.45) is 0 Å². The fourth-order valence-electron chi connectivity index (χ4n) is 1.68. The molecule has 0 saturated heterocycles. The van der Waals surface area contributed by atoms with E-state index in [1.165, 1.54) is 12.1 Å². The minimum absolute atomic E-state index is 0.146. The second kappa shape index (κ2) is 5.39. The first kappa shape index (κ1) is 12.9. The molecule has 2 aromatic rings. The molecule has 0 aromatic heterocycles. The number of aromatic hydroxyl groups is 1. The van der Waals surface area contributed by atoms with Crippen LogP contribution in [0.1, 0.15) is 5.56 Å². The Morgan fingerprint density at radius 1 is 1.26 bits per heavy atom. The monoisotopic (exact) mass is 260 g/mol. The molecule has 4 nitrogen and oxygen atoms in total. The lowest BCUT2D eigenvalue weighted by Crippen LogP contribution is -2.14. The molecular formula is C14H13FN2O2. The number of anilines is 2. The molecule has 0 heterocycles. The molecule has 0 radical (unpaired) electrons. The summed E-state index contributed by atoms with van der Waals surface area (Å²) >= 11 is 0. The second-order valence-electron chi connectivity index (χ2n) is 4.14. The first-order valence-corrected chi connectivity index (χ1v) is 5.67. The van der Waals surface area contributed by atoms with Crippen LogP contribution >= 0.6 is 0 Å². The Morgan fingerprint density at radius 2 is 2.05 bits per heavy atom. The second-order valence-corrected chi connectivity index (χ2v) is 4.14. The van der Waals surface area contributed by atoms with Crippen molar-refractivity contribution in [2.75, 3.05) is 11.1 Å². The van der Waals surface area contributed by atoms with Crippen LogP contribution in [-0.4, -0.2) is 11.0 Å². The summed E-state index contributed by atoms with van der Waals surface area (Å²) in [5.74, 6) is -1.51. The van der Waals surface area contributed by atoms with E-state index in [1.54, 1.807) is 24.3 Å². The van der Waals surface area contributed by atoms with Gasteiger partial charge in [-0.3, -0.25) is 4.79 Å². The Balaban J connectivity index is 2.03. The molecular weight excluding hydrogens is 247 g/mol. The molecule has 0 spiro atoms. The summed E-state index contributed by atoms with van der Waals surface area (Å²) in [6.45, 7) is 0. The van der Waals surface area contributed by atoms with E-state index in [0.29, 0.717) is 11.4 Å². The number of amides is 1. The highest BCUT2D eigenvalue weighted by Gasteiger charge is 2.07. The highest BCUT2D eigenvalue weighted by atomic mass is 19.1. The molecule has 0 bridgehead atoms. The number of hydrogen-bond acceptors (Lipinski definition) is 3. The van der Waals surface area contributed by atoms with Crippen LogP contribution < -0.4 is 11.1 Å². The van der Waals surface area contributed by atoms with Crippen LogP contribution in [0.25, 0.3) is 0 Å². The molecule has 1 amide bonds. The fourth-order valence-corrected chi connectivity index (χ4v) is 1.68. The predicted molar refractivity (Wildman–Crippen MR) is 71.3 cm³/mol. The third-order valence-electron chi connectivity index (χ3n) is 2.55. The number of halogens is 1. The maximum atomic E-state index is 13.1. The molecule has 0 unspecified atom stereocenters. The molecule has 98 valence electrons. The van der Waals surface area contributed by atoms with Gasteiger partial charge in [0.15, 0.2) is 11.6 Å². The lowest BCUT2D eigenvalue weighted by Gasteiger charge is -2.06. The number of nitrogen functional groups attached to an aromatic ring is 1. The SMILES string of the molecule is Nc1cccc(CC(=O)Nc2ccc(O)c(F)c2)c1. The summed E-state index contributed by atoms with van der Waals surface area (Å²) in [6, 6.07) is 10.7. The zero-order valence-electron chi connectivity index (χ0n) is 10.1. The summed E-state index contributed by atoms with van der Waals surface area (Å²) in [5.41, 5.74) is 7.27. The van der Waals surface area contributed by atoms with Crippen molar-refractivity contribution in [2.45, 2.75) is 6.42 Å². The number of phenols is 1. The topological polar surface area (TPSA) is 75.4 Å². The van der Waals surface area contributed by atoms with Crippen LogP contribution in [0, 0.1) is 5.82 Å². The number of hydrogen-bond donors (Lipinski definition) is 3. The smallest absolute Gasteiger partial charge is 0.228 e. The molecule has 19 heavy (non-hydrogen) atoms. The number of rotatable bonds is 3. The summed E-state index contributed by atoms with van der Waals surface area (Å²) in [7, 11) is 0. The third kappa shape index (κ3) is 3.45. The van der Waals surface area contributed by atoms with Gasteiger partial charge in [0.05, 0.1) is 6.42 Å². The van der Waals surface area contributed by atoms with E-state index in [0.717, 1.165) is 11.6 Å². The number of phenolic OH excluding ortho intramolecular Hbond substituents is 1. The van der Waals surface area contributed by atoms with Crippen molar-refractivity contribution < 1.29 is 14.3 Å². The van der Waals surface area contributed by atoms with E-state index in [1.807, 2.05) is 0 Å². The zero-order valence-corrected chi connectivity index (χ0v) is 10.1. The van der Waals surface area contributed by atoms with Gasteiger partial charge in [-0.25, -0.2) is 4.39 Å². The fraction of sp³-hybridized carbons (Fsp3) is 0.0714. The van der Waals surface area contributed by atoms with E-state index in [4.69, 9.17) is 10.8 Å². The van der Waals surface area contributed by atoms with Crippen LogP contribution in [0.15, 0.2) is 42.5 Å². The van der Waals surface area contributed by atoms with Crippen LogP contribution in [0.3, 0.4) is 0 Å². The van der Waals surface area contributed by atoms with E-state index < -0.39 is 11.6 Å². The third-order valence-corrected chi connectivity index (χ3v) is 2.55. The Hall–Kier alpha value is -2.56. The van der Waals surface area contributed by atoms with E-state index in [9.17, 15) is 9.18 Å². The number of carbonyl (C=O) groups excluding carboxylic acids is 1. The molecule has 0 aliphatic rings. The summed E-state index contributed by atoms with van der Waals surface area (Å²) in [4.78, 5) is 11.8. The Morgan fingerprint density at radius 3 is 2.74 bits per heavy atom. The van der Waals surface area contributed by atoms with Crippen LogP contribution in [0.2, 0.25) is 0 Å². The molecule has 5 heteroatoms. The average Bonchev–Trinajstić information content (AvgIpc) is 2.34. The van der Waals surface area contributed by atoms with Gasteiger partial charge in [0.1, 0.15) is 0 Å². The van der Waals surface area contributed by atoms with Gasteiger partial charge in [-0.1, -0.05) is 12.1 Å². The first-order chi connectivity index (χ1) is 9.04. The van der Waals surface area contributed by atoms with Gasteiger partial charge in [-0.15, -0.1) is 0 Å². The molecule has 2 aromatic carbocycles. The van der Waals surface area contributed by atoms with Gasteiger partial charge in [0.25, 0.3) is 0 Å². The van der Waals surface area contributed by atoms with Crippen molar-refractivity contribution in [3.63, 3.8) is 0 Å². The molecule has 0 atom stereocenters. The van der Waals surface area contributed by atoms with Gasteiger partial charge in [0, 0.05) is 17.4 Å². The lowest BCUT2D eigenvalue weighted by molar-refractivity contribution is -0.115. The van der Waals surface area contributed by atoms with Gasteiger partial charge < -0.3 is 16.2 Å².